The van der Waals surface area contributed by atoms with Crippen LogP contribution in [0.3, 0.4) is 0 Å². The highest BCUT2D eigenvalue weighted by molar-refractivity contribution is 7.92. The highest BCUT2D eigenvalue weighted by Crippen LogP contribution is 2.23. The summed E-state index contributed by atoms with van der Waals surface area (Å²) in [6, 6.07) is 8.15. The molecule has 0 bridgehead atoms. The molecule has 1 aromatic carbocycles. The Labute approximate surface area is 142 Å². The number of aryl methyl sites for hydroxylation is 1. The molecule has 0 fully saturated rings. The third-order valence-corrected chi connectivity index (χ3v) is 4.82. The molecule has 7 nitrogen and oxygen atoms in total. The van der Waals surface area contributed by atoms with Gasteiger partial charge in [0.15, 0.2) is 0 Å². The first-order chi connectivity index (χ1) is 11.5. The first-order valence-electron chi connectivity index (χ1n) is 7.32. The fourth-order valence-electron chi connectivity index (χ4n) is 2.10. The maximum absolute atomic E-state index is 12.5. The molecular weight excluding hydrogens is 330 g/mol. The number of nitrogens with zero attached hydrogens (tertiary/aromatic N) is 1. The van der Waals surface area contributed by atoms with Crippen molar-refractivity contribution in [3.05, 3.63) is 42.1 Å². The van der Waals surface area contributed by atoms with Crippen molar-refractivity contribution in [1.29, 1.82) is 0 Å². The predicted molar refractivity (Wildman–Crippen MR) is 93.1 cm³/mol. The molecule has 0 aliphatic carbocycles. The van der Waals surface area contributed by atoms with Crippen molar-refractivity contribution < 1.29 is 17.9 Å². The molecule has 0 saturated heterocycles. The van der Waals surface area contributed by atoms with E-state index in [0.717, 1.165) is 5.69 Å². The second-order valence-electron chi connectivity index (χ2n) is 5.09. The number of rotatable bonds is 8. The first-order valence-corrected chi connectivity index (χ1v) is 8.81. The van der Waals surface area contributed by atoms with Crippen LogP contribution >= 0.6 is 0 Å². The molecule has 0 aliphatic rings. The Morgan fingerprint density at radius 2 is 1.96 bits per heavy atom. The van der Waals surface area contributed by atoms with Crippen LogP contribution in [0.4, 0.5) is 11.5 Å². The van der Waals surface area contributed by atoms with E-state index in [4.69, 9.17) is 9.47 Å². The number of sulfonamides is 1. The number of aromatic nitrogens is 1. The number of pyridine rings is 1. The zero-order chi connectivity index (χ0) is 17.6. The number of hydrogen-bond donors (Lipinski definition) is 2. The summed E-state index contributed by atoms with van der Waals surface area (Å²) < 4.78 is 37.5. The zero-order valence-electron chi connectivity index (χ0n) is 13.9. The van der Waals surface area contributed by atoms with Gasteiger partial charge in [-0.25, -0.2) is 13.4 Å². The molecule has 24 heavy (non-hydrogen) atoms. The quantitative estimate of drug-likeness (QED) is 0.709. The van der Waals surface area contributed by atoms with Gasteiger partial charge in [0, 0.05) is 13.7 Å². The van der Waals surface area contributed by atoms with Crippen LogP contribution in [0.25, 0.3) is 0 Å². The van der Waals surface area contributed by atoms with Gasteiger partial charge in [0.25, 0.3) is 10.0 Å². The number of hydrogen-bond acceptors (Lipinski definition) is 6. The van der Waals surface area contributed by atoms with Crippen LogP contribution in [0.5, 0.6) is 5.75 Å². The van der Waals surface area contributed by atoms with Crippen molar-refractivity contribution >= 4 is 21.5 Å². The van der Waals surface area contributed by atoms with E-state index in [-0.39, 0.29) is 10.7 Å². The van der Waals surface area contributed by atoms with Gasteiger partial charge in [-0.05, 0) is 42.8 Å². The van der Waals surface area contributed by atoms with Crippen molar-refractivity contribution in [3.63, 3.8) is 0 Å². The van der Waals surface area contributed by atoms with Crippen molar-refractivity contribution in [3.8, 4) is 5.75 Å². The summed E-state index contributed by atoms with van der Waals surface area (Å²) in [7, 11) is -0.552. The lowest BCUT2D eigenvalue weighted by atomic mass is 10.2. The number of methoxy groups -OCH3 is 2. The van der Waals surface area contributed by atoms with Crippen LogP contribution in [-0.4, -0.2) is 40.8 Å². The minimum atomic E-state index is -3.71. The second kappa shape index (κ2) is 7.98. The topological polar surface area (TPSA) is 89.6 Å². The van der Waals surface area contributed by atoms with Crippen molar-refractivity contribution in [2.24, 2.45) is 0 Å². The van der Waals surface area contributed by atoms with E-state index in [1.807, 2.05) is 0 Å². The van der Waals surface area contributed by atoms with Gasteiger partial charge in [0.05, 0.1) is 30.5 Å². The van der Waals surface area contributed by atoms with Crippen LogP contribution in [0.1, 0.15) is 5.56 Å². The smallest absolute Gasteiger partial charge is 0.263 e. The fraction of sp³-hybridized carbons (Fsp3) is 0.312. The van der Waals surface area contributed by atoms with Crippen LogP contribution in [0, 0.1) is 6.92 Å². The minimum Gasteiger partial charge on any atom is -0.497 e. The molecule has 0 amide bonds. The zero-order valence-corrected chi connectivity index (χ0v) is 14.7. The van der Waals surface area contributed by atoms with Gasteiger partial charge in [0.2, 0.25) is 0 Å². The lowest BCUT2D eigenvalue weighted by Crippen LogP contribution is -2.15. The molecule has 2 N–H and O–H groups in total. The molecular formula is C16H21N3O4S. The summed E-state index contributed by atoms with van der Waals surface area (Å²) in [6.07, 6.45) is 1.56. The maximum Gasteiger partial charge on any atom is 0.263 e. The third-order valence-electron chi connectivity index (χ3n) is 3.31. The summed E-state index contributed by atoms with van der Waals surface area (Å²) >= 11 is 0. The monoisotopic (exact) mass is 351 g/mol. The minimum absolute atomic E-state index is 0.187. The van der Waals surface area contributed by atoms with E-state index in [2.05, 4.69) is 15.0 Å². The van der Waals surface area contributed by atoms with Crippen LogP contribution in [0.2, 0.25) is 0 Å². The van der Waals surface area contributed by atoms with Gasteiger partial charge < -0.3 is 14.8 Å². The SMILES string of the molecule is COCCNc1ccc(NS(=O)(=O)c2ccc(OC)cc2C)nc1. The maximum atomic E-state index is 12.5. The third kappa shape index (κ3) is 4.59. The number of anilines is 2. The van der Waals surface area contributed by atoms with Crippen LogP contribution < -0.4 is 14.8 Å². The van der Waals surface area contributed by atoms with Gasteiger partial charge in [-0.15, -0.1) is 0 Å². The van der Waals surface area contributed by atoms with Gasteiger partial charge in [0.1, 0.15) is 11.6 Å². The molecule has 0 radical (unpaired) electrons. The van der Waals surface area contributed by atoms with E-state index >= 15 is 0 Å². The number of benzene rings is 1. The molecule has 2 rings (SSSR count). The molecule has 8 heteroatoms. The Morgan fingerprint density at radius 3 is 2.54 bits per heavy atom. The Bertz CT molecular complexity index is 776. The Balaban J connectivity index is 2.11. The Kier molecular flexibility index (Phi) is 5.99. The summed E-state index contributed by atoms with van der Waals surface area (Å²) in [5.74, 6) is 0.860. The van der Waals surface area contributed by atoms with Crippen molar-refractivity contribution in [1.82, 2.24) is 4.98 Å². The first kappa shape index (κ1) is 18.0. The van der Waals surface area contributed by atoms with Gasteiger partial charge in [-0.2, -0.15) is 0 Å². The molecule has 0 spiro atoms. The Morgan fingerprint density at radius 1 is 1.17 bits per heavy atom. The lowest BCUT2D eigenvalue weighted by Gasteiger charge is -2.11. The average molecular weight is 351 g/mol. The van der Waals surface area contributed by atoms with E-state index in [1.54, 1.807) is 44.5 Å². The van der Waals surface area contributed by atoms with Gasteiger partial charge in [-0.1, -0.05) is 0 Å². The molecule has 0 unspecified atom stereocenters. The lowest BCUT2D eigenvalue weighted by molar-refractivity contribution is 0.211. The van der Waals surface area contributed by atoms with E-state index < -0.39 is 10.0 Å². The fourth-order valence-corrected chi connectivity index (χ4v) is 3.34. The molecule has 0 aliphatic heterocycles. The molecule has 1 aromatic heterocycles. The van der Waals surface area contributed by atoms with Crippen LogP contribution in [0.15, 0.2) is 41.4 Å². The van der Waals surface area contributed by atoms with E-state index in [1.165, 1.54) is 13.2 Å². The summed E-state index contributed by atoms with van der Waals surface area (Å²) in [4.78, 5) is 4.30. The molecule has 1 heterocycles. The Hall–Kier alpha value is -2.32. The number of ether oxygens (including phenoxy) is 2. The highest BCUT2D eigenvalue weighted by atomic mass is 32.2. The molecule has 0 atom stereocenters. The molecule has 130 valence electrons. The van der Waals surface area contributed by atoms with Crippen LogP contribution in [-0.2, 0) is 14.8 Å². The largest absolute Gasteiger partial charge is 0.497 e. The molecule has 2 aromatic rings. The molecule has 0 saturated carbocycles. The van der Waals surface area contributed by atoms with Crippen molar-refractivity contribution in [2.45, 2.75) is 11.8 Å². The van der Waals surface area contributed by atoms with Crippen molar-refractivity contribution in [2.75, 3.05) is 37.4 Å². The highest BCUT2D eigenvalue weighted by Gasteiger charge is 2.18. The van der Waals surface area contributed by atoms with E-state index in [0.29, 0.717) is 24.5 Å². The second-order valence-corrected chi connectivity index (χ2v) is 6.74. The standard InChI is InChI=1S/C16H21N3O4S/c1-12-10-14(23-3)5-6-15(12)24(20,21)19-16-7-4-13(11-18-16)17-8-9-22-2/h4-7,10-11,17H,8-9H2,1-3H3,(H,18,19). The van der Waals surface area contributed by atoms with E-state index in [9.17, 15) is 8.42 Å². The number of nitrogens with one attached hydrogen (secondary N) is 2. The van der Waals surface area contributed by atoms with Gasteiger partial charge >= 0.3 is 0 Å². The predicted octanol–water partition coefficient (Wildman–Crippen LogP) is 2.26. The average Bonchev–Trinajstić information content (AvgIpc) is 2.56. The van der Waals surface area contributed by atoms with Gasteiger partial charge in [-0.3, -0.25) is 4.72 Å². The summed E-state index contributed by atoms with van der Waals surface area (Å²) in [5, 5.41) is 3.11. The summed E-state index contributed by atoms with van der Waals surface area (Å²) in [5.41, 5.74) is 1.38. The summed E-state index contributed by atoms with van der Waals surface area (Å²) in [6.45, 7) is 2.94. The normalized spacial score (nSPS) is 11.1.